The zero-order chi connectivity index (χ0) is 10.6. The number of benzene rings is 1. The Bertz CT molecular complexity index is 374. The molecule has 0 heterocycles. The third-order valence-corrected chi connectivity index (χ3v) is 1.60. The van der Waals surface area contributed by atoms with E-state index in [9.17, 15) is 13.6 Å². The largest absolute Gasteiger partial charge is 0.369 e. The lowest BCUT2D eigenvalue weighted by Gasteiger charge is -1.96. The van der Waals surface area contributed by atoms with Crippen molar-refractivity contribution in [2.75, 3.05) is 0 Å². The Morgan fingerprint density at radius 1 is 1.43 bits per heavy atom. The lowest BCUT2D eigenvalue weighted by atomic mass is 10.2. The van der Waals surface area contributed by atoms with Gasteiger partial charge >= 0.3 is 0 Å². The van der Waals surface area contributed by atoms with E-state index in [1.807, 2.05) is 0 Å². The fourth-order valence-corrected chi connectivity index (χ4v) is 0.951. The molecule has 1 rings (SSSR count). The number of amides is 1. The number of hydrogen-bond acceptors (Lipinski definition) is 1. The van der Waals surface area contributed by atoms with Gasteiger partial charge in [-0.1, -0.05) is 24.3 Å². The van der Waals surface area contributed by atoms with Crippen LogP contribution in [0.2, 0.25) is 0 Å². The maximum absolute atomic E-state index is 13.0. The first kappa shape index (κ1) is 10.4. The summed E-state index contributed by atoms with van der Waals surface area (Å²) in [5, 5.41) is 0. The fourth-order valence-electron chi connectivity index (χ4n) is 0.951. The second-order valence-electron chi connectivity index (χ2n) is 2.72. The Hall–Kier alpha value is -1.71. The third-order valence-electron chi connectivity index (χ3n) is 1.60. The number of carbonyl (C=O) groups excluding carboxylic acids is 1. The summed E-state index contributed by atoms with van der Waals surface area (Å²) >= 11 is 0. The minimum Gasteiger partial charge on any atom is -0.369 e. The Morgan fingerprint density at radius 3 is 2.79 bits per heavy atom. The van der Waals surface area contributed by atoms with Gasteiger partial charge in [0.15, 0.2) is 11.6 Å². The molecule has 1 amide bonds. The molecule has 0 saturated carbocycles. The lowest BCUT2D eigenvalue weighted by Crippen LogP contribution is -2.07. The van der Waals surface area contributed by atoms with E-state index in [-0.39, 0.29) is 12.0 Å². The minimum atomic E-state index is -0.923. The van der Waals surface area contributed by atoms with Gasteiger partial charge in [0.25, 0.3) is 0 Å². The van der Waals surface area contributed by atoms with Crippen LogP contribution in [-0.2, 0) is 4.79 Å². The van der Waals surface area contributed by atoms with E-state index in [0.717, 1.165) is 6.07 Å². The van der Waals surface area contributed by atoms with Gasteiger partial charge in [-0.3, -0.25) is 4.79 Å². The van der Waals surface area contributed by atoms with E-state index < -0.39 is 17.5 Å². The van der Waals surface area contributed by atoms with Crippen LogP contribution in [0.15, 0.2) is 24.3 Å². The standard InChI is InChI=1S/C10H9F2NO/c11-8-5-1-3-7(10(8)12)4-2-6-9(13)14/h1-5H,6H2,(H2,13,14). The number of halogens is 2. The van der Waals surface area contributed by atoms with Crippen LogP contribution in [0.4, 0.5) is 8.78 Å². The van der Waals surface area contributed by atoms with Crippen LogP contribution < -0.4 is 5.73 Å². The van der Waals surface area contributed by atoms with Crippen molar-refractivity contribution < 1.29 is 13.6 Å². The Labute approximate surface area is 80.0 Å². The molecule has 1 aromatic carbocycles. The molecule has 2 nitrogen and oxygen atoms in total. The number of nitrogens with two attached hydrogens (primary N) is 1. The van der Waals surface area contributed by atoms with Gasteiger partial charge in [-0.25, -0.2) is 8.78 Å². The van der Waals surface area contributed by atoms with E-state index in [1.165, 1.54) is 24.3 Å². The van der Waals surface area contributed by atoms with Gasteiger partial charge in [-0.05, 0) is 6.07 Å². The third kappa shape index (κ3) is 2.65. The summed E-state index contributed by atoms with van der Waals surface area (Å²) in [6.07, 6.45) is 2.72. The second-order valence-corrected chi connectivity index (χ2v) is 2.72. The first-order chi connectivity index (χ1) is 6.61. The van der Waals surface area contributed by atoms with E-state index in [0.29, 0.717) is 0 Å². The van der Waals surface area contributed by atoms with Crippen LogP contribution in [-0.4, -0.2) is 5.91 Å². The minimum absolute atomic E-state index is 0.00987. The average molecular weight is 197 g/mol. The van der Waals surface area contributed by atoms with Gasteiger partial charge in [-0.15, -0.1) is 0 Å². The van der Waals surface area contributed by atoms with Crippen LogP contribution in [0, 0.1) is 11.6 Å². The van der Waals surface area contributed by atoms with Crippen molar-refractivity contribution in [2.45, 2.75) is 6.42 Å². The first-order valence-electron chi connectivity index (χ1n) is 4.00. The molecule has 0 unspecified atom stereocenters. The van der Waals surface area contributed by atoms with Crippen LogP contribution in [0.3, 0.4) is 0 Å². The summed E-state index contributed by atoms with van der Waals surface area (Å²) in [6.45, 7) is 0. The molecule has 0 aliphatic carbocycles. The van der Waals surface area contributed by atoms with Crippen LogP contribution in [0.25, 0.3) is 6.08 Å². The molecule has 0 fully saturated rings. The molecular formula is C10H9F2NO. The normalized spacial score (nSPS) is 10.7. The number of hydrogen-bond donors (Lipinski definition) is 1. The smallest absolute Gasteiger partial charge is 0.221 e. The highest BCUT2D eigenvalue weighted by Crippen LogP contribution is 2.12. The molecule has 74 valence electrons. The molecule has 4 heteroatoms. The van der Waals surface area contributed by atoms with Crippen molar-refractivity contribution >= 4 is 12.0 Å². The molecule has 0 aliphatic heterocycles. The van der Waals surface area contributed by atoms with Gasteiger partial charge < -0.3 is 5.73 Å². The highest BCUT2D eigenvalue weighted by Gasteiger charge is 2.03. The summed E-state index contributed by atoms with van der Waals surface area (Å²) in [6, 6.07) is 3.83. The molecule has 0 atom stereocenters. The van der Waals surface area contributed by atoms with Crippen molar-refractivity contribution in [3.63, 3.8) is 0 Å². The van der Waals surface area contributed by atoms with Gasteiger partial charge in [0.05, 0.1) is 0 Å². The van der Waals surface area contributed by atoms with Crippen molar-refractivity contribution in [3.05, 3.63) is 41.5 Å². The molecule has 0 aliphatic rings. The predicted octanol–water partition coefficient (Wildman–Crippen LogP) is 1.85. The zero-order valence-corrected chi connectivity index (χ0v) is 7.34. The fraction of sp³-hybridized carbons (Fsp3) is 0.100. The molecule has 0 spiro atoms. The molecule has 0 radical (unpaired) electrons. The summed E-state index contributed by atoms with van der Waals surface area (Å²) in [7, 11) is 0. The van der Waals surface area contributed by atoms with Gasteiger partial charge in [0.2, 0.25) is 5.91 Å². The molecule has 1 aromatic rings. The average Bonchev–Trinajstić information content (AvgIpc) is 2.12. The number of rotatable bonds is 3. The Morgan fingerprint density at radius 2 is 2.14 bits per heavy atom. The van der Waals surface area contributed by atoms with Gasteiger partial charge in [-0.2, -0.15) is 0 Å². The maximum Gasteiger partial charge on any atom is 0.221 e. The zero-order valence-electron chi connectivity index (χ0n) is 7.34. The highest BCUT2D eigenvalue weighted by molar-refractivity contribution is 5.76. The van der Waals surface area contributed by atoms with Crippen LogP contribution in [0.1, 0.15) is 12.0 Å². The predicted molar refractivity (Wildman–Crippen MR) is 49.2 cm³/mol. The molecule has 14 heavy (non-hydrogen) atoms. The Balaban J connectivity index is 2.81. The van der Waals surface area contributed by atoms with Crippen molar-refractivity contribution in [1.82, 2.24) is 0 Å². The summed E-state index contributed by atoms with van der Waals surface area (Å²) in [5.41, 5.74) is 4.97. The molecule has 0 saturated heterocycles. The van der Waals surface area contributed by atoms with Gasteiger partial charge in [0.1, 0.15) is 0 Å². The molecule has 0 aromatic heterocycles. The second kappa shape index (κ2) is 4.50. The van der Waals surface area contributed by atoms with E-state index in [1.54, 1.807) is 0 Å². The molecule has 2 N–H and O–H groups in total. The Kier molecular flexibility index (Phi) is 3.34. The van der Waals surface area contributed by atoms with Crippen molar-refractivity contribution in [2.24, 2.45) is 5.73 Å². The number of primary amides is 1. The molecular weight excluding hydrogens is 188 g/mol. The highest BCUT2D eigenvalue weighted by atomic mass is 19.2. The topological polar surface area (TPSA) is 43.1 Å². The van der Waals surface area contributed by atoms with E-state index >= 15 is 0 Å². The lowest BCUT2D eigenvalue weighted by molar-refractivity contribution is -0.117. The van der Waals surface area contributed by atoms with E-state index in [2.05, 4.69) is 0 Å². The summed E-state index contributed by atoms with van der Waals surface area (Å²) in [5.74, 6) is -2.35. The van der Waals surface area contributed by atoms with E-state index in [4.69, 9.17) is 5.73 Å². The van der Waals surface area contributed by atoms with Gasteiger partial charge in [0, 0.05) is 12.0 Å². The van der Waals surface area contributed by atoms with Crippen LogP contribution >= 0.6 is 0 Å². The van der Waals surface area contributed by atoms with Crippen LogP contribution in [0.5, 0.6) is 0 Å². The van der Waals surface area contributed by atoms with Crippen molar-refractivity contribution in [3.8, 4) is 0 Å². The maximum atomic E-state index is 13.0. The quantitative estimate of drug-likeness (QED) is 0.789. The summed E-state index contributed by atoms with van der Waals surface area (Å²) < 4.78 is 25.6. The molecule has 0 bridgehead atoms. The monoisotopic (exact) mass is 197 g/mol. The first-order valence-corrected chi connectivity index (χ1v) is 4.00. The van der Waals surface area contributed by atoms with Crippen molar-refractivity contribution in [1.29, 1.82) is 0 Å². The summed E-state index contributed by atoms with van der Waals surface area (Å²) in [4.78, 5) is 10.3. The number of carbonyl (C=O) groups is 1. The SMILES string of the molecule is NC(=O)CC=Cc1cccc(F)c1F.